The van der Waals surface area contributed by atoms with Crippen molar-refractivity contribution in [2.75, 3.05) is 32.0 Å². The van der Waals surface area contributed by atoms with E-state index in [1.807, 2.05) is 13.8 Å². The predicted octanol–water partition coefficient (Wildman–Crippen LogP) is 4.09. The van der Waals surface area contributed by atoms with E-state index < -0.39 is 23.8 Å². The van der Waals surface area contributed by atoms with Gasteiger partial charge in [0.05, 0.1) is 12.7 Å². The molecule has 35 heavy (non-hydrogen) atoms. The van der Waals surface area contributed by atoms with E-state index in [1.165, 1.54) is 7.11 Å². The van der Waals surface area contributed by atoms with Gasteiger partial charge in [-0.1, -0.05) is 29.8 Å². The van der Waals surface area contributed by atoms with Gasteiger partial charge in [0.25, 0.3) is 0 Å². The smallest absolute Gasteiger partial charge is 0.336 e. The van der Waals surface area contributed by atoms with Crippen LogP contribution in [0.15, 0.2) is 39.1 Å². The van der Waals surface area contributed by atoms with Gasteiger partial charge in [-0.2, -0.15) is 11.8 Å². The van der Waals surface area contributed by atoms with Crippen molar-refractivity contribution in [2.24, 2.45) is 11.8 Å². The molecule has 0 saturated carbocycles. The Labute approximate surface area is 216 Å². The maximum atomic E-state index is 13.8. The van der Waals surface area contributed by atoms with Crippen LogP contribution in [0.2, 0.25) is 0 Å². The molecular weight excluding hydrogens is 538 g/mol. The predicted molar refractivity (Wildman–Crippen MR) is 134 cm³/mol. The number of halogens is 1. The number of methoxy groups -OCH3 is 1. The number of hydrogen-bond acceptors (Lipinski definition) is 9. The van der Waals surface area contributed by atoms with Gasteiger partial charge in [0.1, 0.15) is 12.5 Å². The molecule has 0 radical (unpaired) electrons. The lowest BCUT2D eigenvalue weighted by atomic mass is 9.69. The second-order valence-electron chi connectivity index (χ2n) is 8.60. The number of benzene rings is 1. The van der Waals surface area contributed by atoms with E-state index >= 15 is 0 Å². The van der Waals surface area contributed by atoms with E-state index in [9.17, 15) is 14.4 Å². The molecular formula is C25H28BrNO7S. The average Bonchev–Trinajstić information content (AvgIpc) is 3.27. The molecule has 0 amide bonds. The first kappa shape index (κ1) is 25.6. The fourth-order valence-electron chi connectivity index (χ4n) is 4.83. The zero-order chi connectivity index (χ0) is 25.3. The molecule has 0 aromatic heterocycles. The highest BCUT2D eigenvalue weighted by Gasteiger charge is 2.48. The number of ether oxygens (including phenoxy) is 4. The maximum Gasteiger partial charge on any atom is 0.336 e. The molecule has 188 valence electrons. The van der Waals surface area contributed by atoms with Gasteiger partial charge in [-0.15, -0.1) is 0 Å². The van der Waals surface area contributed by atoms with Gasteiger partial charge >= 0.3 is 11.9 Å². The standard InChI is InChI=1S/C25H28BrNO7S/c1-5-35-7-6-32-25(30)20-13(3)27-16-8-12(2)19(24(29)31-4)23(28)22(16)21(20)14-9-17-18(10-15(14)26)34-11-33-17/h9-10,12,19,21,27H,5-8,11H2,1-4H3/t12-,19-,21+/m1/s1. The Bertz CT molecular complexity index is 1130. The monoisotopic (exact) mass is 565 g/mol. The molecule has 2 aliphatic heterocycles. The summed E-state index contributed by atoms with van der Waals surface area (Å²) in [5.74, 6) is -0.711. The molecule has 3 aliphatic rings. The van der Waals surface area contributed by atoms with Gasteiger partial charge in [0.2, 0.25) is 6.79 Å². The van der Waals surface area contributed by atoms with Crippen molar-refractivity contribution in [2.45, 2.75) is 33.1 Å². The lowest BCUT2D eigenvalue weighted by Crippen LogP contribution is -2.43. The molecule has 1 N–H and O–H groups in total. The summed E-state index contributed by atoms with van der Waals surface area (Å²) in [4.78, 5) is 39.8. The fraction of sp³-hybridized carbons (Fsp3) is 0.480. The van der Waals surface area contributed by atoms with Crippen LogP contribution in [-0.4, -0.2) is 49.7 Å². The summed E-state index contributed by atoms with van der Waals surface area (Å²) in [6.45, 7) is 6.04. The van der Waals surface area contributed by atoms with E-state index in [4.69, 9.17) is 18.9 Å². The molecule has 3 atom stereocenters. The highest BCUT2D eigenvalue weighted by Crippen LogP contribution is 2.49. The summed E-state index contributed by atoms with van der Waals surface area (Å²) >= 11 is 5.28. The Kier molecular flexibility index (Phi) is 7.80. The molecule has 8 nitrogen and oxygen atoms in total. The number of fused-ring (bicyclic) bond motifs is 1. The largest absolute Gasteiger partial charge is 0.468 e. The number of nitrogens with one attached hydrogen (secondary N) is 1. The van der Waals surface area contributed by atoms with E-state index in [0.717, 1.165) is 5.75 Å². The number of dihydropyridines is 1. The highest BCUT2D eigenvalue weighted by molar-refractivity contribution is 9.10. The van der Waals surface area contributed by atoms with Crippen LogP contribution in [0.5, 0.6) is 11.5 Å². The number of carbonyl (C=O) groups excluding carboxylic acids is 3. The quantitative estimate of drug-likeness (QED) is 0.297. The highest BCUT2D eigenvalue weighted by atomic mass is 79.9. The third kappa shape index (κ3) is 4.82. The molecule has 10 heteroatoms. The molecule has 4 rings (SSSR count). The number of carbonyl (C=O) groups is 3. The lowest BCUT2D eigenvalue weighted by Gasteiger charge is -2.38. The van der Waals surface area contributed by atoms with Crippen LogP contribution >= 0.6 is 27.7 Å². The number of Topliss-reactive ketones (excluding diaryl/α,β-unsaturated/α-hetero) is 1. The Morgan fingerprint density at radius 1 is 1.26 bits per heavy atom. The Hall–Kier alpha value is -2.46. The molecule has 1 aromatic rings. The molecule has 0 saturated heterocycles. The first-order chi connectivity index (χ1) is 16.8. The molecule has 0 fully saturated rings. The summed E-state index contributed by atoms with van der Waals surface area (Å²) in [7, 11) is 1.28. The minimum absolute atomic E-state index is 0.0884. The van der Waals surface area contributed by atoms with E-state index in [-0.39, 0.29) is 25.1 Å². The van der Waals surface area contributed by atoms with E-state index in [0.29, 0.717) is 56.2 Å². The van der Waals surface area contributed by atoms with Crippen molar-refractivity contribution in [3.8, 4) is 11.5 Å². The first-order valence-electron chi connectivity index (χ1n) is 11.4. The van der Waals surface area contributed by atoms with Crippen LogP contribution < -0.4 is 14.8 Å². The minimum atomic E-state index is -0.951. The van der Waals surface area contributed by atoms with Crippen LogP contribution in [0.3, 0.4) is 0 Å². The van der Waals surface area contributed by atoms with Crippen molar-refractivity contribution in [1.29, 1.82) is 0 Å². The summed E-state index contributed by atoms with van der Waals surface area (Å²) < 4.78 is 22.3. The summed E-state index contributed by atoms with van der Waals surface area (Å²) in [6, 6.07) is 3.54. The van der Waals surface area contributed by atoms with Gasteiger partial charge in [-0.3, -0.25) is 9.59 Å². The number of allylic oxidation sites excluding steroid dienone is 3. The third-order valence-corrected chi connectivity index (χ3v) is 7.98. The lowest BCUT2D eigenvalue weighted by molar-refractivity contribution is -0.151. The third-order valence-electron chi connectivity index (χ3n) is 6.43. The van der Waals surface area contributed by atoms with Crippen molar-refractivity contribution >= 4 is 45.4 Å². The second-order valence-corrected chi connectivity index (χ2v) is 10.8. The van der Waals surface area contributed by atoms with Crippen LogP contribution in [0, 0.1) is 11.8 Å². The van der Waals surface area contributed by atoms with E-state index in [2.05, 4.69) is 21.2 Å². The Morgan fingerprint density at radius 3 is 2.66 bits per heavy atom. The summed E-state index contributed by atoms with van der Waals surface area (Å²) in [6.07, 6.45) is 0.465. The fourth-order valence-corrected chi connectivity index (χ4v) is 5.87. The van der Waals surface area contributed by atoms with E-state index in [1.54, 1.807) is 30.8 Å². The van der Waals surface area contributed by atoms with Crippen molar-refractivity contribution in [3.63, 3.8) is 0 Å². The van der Waals surface area contributed by atoms with Crippen molar-refractivity contribution < 1.29 is 33.3 Å². The summed E-state index contributed by atoms with van der Waals surface area (Å²) in [5, 5.41) is 3.27. The van der Waals surface area contributed by atoms with Gasteiger partial charge in [0, 0.05) is 33.1 Å². The molecule has 2 heterocycles. The van der Waals surface area contributed by atoms with Crippen LogP contribution in [-0.2, 0) is 23.9 Å². The first-order valence-corrected chi connectivity index (χ1v) is 13.4. The zero-order valence-corrected chi connectivity index (χ0v) is 22.5. The molecule has 0 unspecified atom stereocenters. The molecule has 0 bridgehead atoms. The van der Waals surface area contributed by atoms with Gasteiger partial charge < -0.3 is 24.3 Å². The van der Waals surface area contributed by atoms with Crippen LogP contribution in [0.1, 0.15) is 38.7 Å². The molecule has 0 spiro atoms. The SMILES string of the molecule is CCSCCOC(=O)C1=C(C)NC2=C(C(=O)[C@H](C(=O)OC)[C@H](C)C2)[C@H]1c1cc2c(cc1Br)OCO2. The number of rotatable bonds is 7. The zero-order valence-electron chi connectivity index (χ0n) is 20.1. The van der Waals surface area contributed by atoms with Crippen LogP contribution in [0.25, 0.3) is 0 Å². The number of ketones is 1. The van der Waals surface area contributed by atoms with Gasteiger partial charge in [-0.25, -0.2) is 4.79 Å². The molecule has 1 aliphatic carbocycles. The number of esters is 2. The Balaban J connectivity index is 1.82. The topological polar surface area (TPSA) is 100 Å². The normalized spacial score (nSPS) is 23.1. The minimum Gasteiger partial charge on any atom is -0.468 e. The number of hydrogen-bond donors (Lipinski definition) is 1. The van der Waals surface area contributed by atoms with Crippen molar-refractivity contribution in [3.05, 3.63) is 44.7 Å². The second kappa shape index (κ2) is 10.7. The van der Waals surface area contributed by atoms with Crippen molar-refractivity contribution in [1.82, 2.24) is 5.32 Å². The number of thioether (sulfide) groups is 1. The average molecular weight is 566 g/mol. The Morgan fingerprint density at radius 2 is 1.97 bits per heavy atom. The van der Waals surface area contributed by atoms with Crippen LogP contribution in [0.4, 0.5) is 0 Å². The summed E-state index contributed by atoms with van der Waals surface area (Å²) in [5.41, 5.74) is 2.68. The molecule has 1 aromatic carbocycles. The van der Waals surface area contributed by atoms with Gasteiger partial charge in [-0.05, 0) is 42.7 Å². The maximum absolute atomic E-state index is 13.8. The van der Waals surface area contributed by atoms with Gasteiger partial charge in [0.15, 0.2) is 17.3 Å².